The van der Waals surface area contributed by atoms with Gasteiger partial charge < -0.3 is 10.1 Å². The molecule has 3 aromatic rings. The lowest BCUT2D eigenvalue weighted by Crippen LogP contribution is -2.43. The van der Waals surface area contributed by atoms with Crippen LogP contribution in [-0.2, 0) is 22.5 Å². The van der Waals surface area contributed by atoms with E-state index in [1.165, 1.54) is 6.20 Å². The molecule has 1 fully saturated rings. The highest BCUT2D eigenvalue weighted by Crippen LogP contribution is 2.28. The van der Waals surface area contributed by atoms with Gasteiger partial charge in [-0.25, -0.2) is 9.67 Å². The lowest BCUT2D eigenvalue weighted by molar-refractivity contribution is -0.121. The van der Waals surface area contributed by atoms with E-state index in [9.17, 15) is 9.59 Å². The van der Waals surface area contributed by atoms with Gasteiger partial charge in [-0.05, 0) is 44.7 Å². The number of aromatic nitrogens is 3. The molecule has 3 heterocycles. The summed E-state index contributed by atoms with van der Waals surface area (Å²) in [4.78, 5) is 30.0. The van der Waals surface area contributed by atoms with Crippen LogP contribution < -0.4 is 16.2 Å². The van der Waals surface area contributed by atoms with Crippen LogP contribution in [0.25, 0.3) is 11.0 Å². The normalized spacial score (nSPS) is 14.3. The monoisotopic (exact) mass is 450 g/mol. The molecule has 0 aliphatic carbocycles. The number of rotatable bonds is 6. The van der Waals surface area contributed by atoms with Crippen LogP contribution in [0.1, 0.15) is 46.8 Å². The Kier molecular flexibility index (Phi) is 6.88. The van der Waals surface area contributed by atoms with E-state index in [1.807, 2.05) is 39.0 Å². The van der Waals surface area contributed by atoms with E-state index in [1.54, 1.807) is 10.9 Å². The van der Waals surface area contributed by atoms with Crippen molar-refractivity contribution in [1.82, 2.24) is 25.6 Å². The van der Waals surface area contributed by atoms with Crippen molar-refractivity contribution in [2.75, 3.05) is 18.5 Å². The quantitative estimate of drug-likeness (QED) is 0.498. The van der Waals surface area contributed by atoms with Gasteiger partial charge in [0.2, 0.25) is 5.91 Å². The zero-order valence-corrected chi connectivity index (χ0v) is 19.3. The van der Waals surface area contributed by atoms with Crippen LogP contribution in [0.5, 0.6) is 0 Å². The lowest BCUT2D eigenvalue weighted by atomic mass is 10.0. The number of anilines is 1. The summed E-state index contributed by atoms with van der Waals surface area (Å²) in [6.07, 6.45) is 5.13. The number of benzene rings is 1. The molecule has 1 aliphatic rings. The average molecular weight is 451 g/mol. The summed E-state index contributed by atoms with van der Waals surface area (Å²) >= 11 is 0. The molecule has 2 amide bonds. The molecule has 1 saturated heterocycles. The summed E-state index contributed by atoms with van der Waals surface area (Å²) in [7, 11) is 0. The highest BCUT2D eigenvalue weighted by molar-refractivity contribution is 6.06. The van der Waals surface area contributed by atoms with Crippen molar-refractivity contribution in [3.05, 3.63) is 52.8 Å². The van der Waals surface area contributed by atoms with E-state index in [4.69, 9.17) is 4.74 Å². The zero-order chi connectivity index (χ0) is 23.4. The van der Waals surface area contributed by atoms with E-state index in [2.05, 4.69) is 26.3 Å². The van der Waals surface area contributed by atoms with E-state index in [-0.39, 0.29) is 18.4 Å². The van der Waals surface area contributed by atoms with Gasteiger partial charge in [-0.3, -0.25) is 20.4 Å². The summed E-state index contributed by atoms with van der Waals surface area (Å²) in [5, 5.41) is 8.67. The number of hydrazine groups is 1. The lowest BCUT2D eigenvalue weighted by Gasteiger charge is -2.25. The van der Waals surface area contributed by atoms with Gasteiger partial charge in [0.05, 0.1) is 29.3 Å². The maximum Gasteiger partial charge on any atom is 0.273 e. The third-order valence-corrected chi connectivity index (χ3v) is 5.94. The van der Waals surface area contributed by atoms with Crippen molar-refractivity contribution in [3.63, 3.8) is 0 Å². The van der Waals surface area contributed by atoms with Crippen LogP contribution in [0, 0.1) is 13.8 Å². The second-order valence-corrected chi connectivity index (χ2v) is 8.38. The summed E-state index contributed by atoms with van der Waals surface area (Å²) < 4.78 is 7.25. The average Bonchev–Trinajstić information content (AvgIpc) is 3.24. The van der Waals surface area contributed by atoms with Crippen molar-refractivity contribution in [1.29, 1.82) is 0 Å². The van der Waals surface area contributed by atoms with Crippen molar-refractivity contribution >= 4 is 28.5 Å². The van der Waals surface area contributed by atoms with Gasteiger partial charge >= 0.3 is 0 Å². The van der Waals surface area contributed by atoms with Crippen LogP contribution in [-0.4, -0.2) is 45.8 Å². The minimum Gasteiger partial charge on any atom is -0.381 e. The molecule has 0 spiro atoms. The predicted molar refractivity (Wildman–Crippen MR) is 126 cm³/mol. The van der Waals surface area contributed by atoms with Crippen LogP contribution >= 0.6 is 0 Å². The topological polar surface area (TPSA) is 110 Å². The molecule has 2 aromatic heterocycles. The summed E-state index contributed by atoms with van der Waals surface area (Å²) in [5.41, 5.74) is 9.92. The van der Waals surface area contributed by atoms with Crippen LogP contribution in [0.15, 0.2) is 30.6 Å². The Hall–Kier alpha value is -3.46. The van der Waals surface area contributed by atoms with Crippen LogP contribution in [0.3, 0.4) is 0 Å². The second-order valence-electron chi connectivity index (χ2n) is 8.38. The molecule has 1 aromatic carbocycles. The maximum atomic E-state index is 13.0. The summed E-state index contributed by atoms with van der Waals surface area (Å²) in [6, 6.07) is 6.12. The molecule has 174 valence electrons. The molecular weight excluding hydrogens is 420 g/mol. The molecule has 4 rings (SSSR count). The first kappa shape index (κ1) is 22.7. The highest BCUT2D eigenvalue weighted by atomic mass is 16.5. The minimum atomic E-state index is -0.433. The largest absolute Gasteiger partial charge is 0.381 e. The smallest absolute Gasteiger partial charge is 0.273 e. The predicted octanol–water partition coefficient (Wildman–Crippen LogP) is 2.66. The fourth-order valence-corrected chi connectivity index (χ4v) is 4.09. The first-order valence-electron chi connectivity index (χ1n) is 11.3. The molecule has 0 bridgehead atoms. The van der Waals surface area contributed by atoms with Gasteiger partial charge in [-0.1, -0.05) is 23.8 Å². The van der Waals surface area contributed by atoms with Crippen molar-refractivity contribution < 1.29 is 14.3 Å². The standard InChI is InChI=1S/C24H30N6O3/c1-4-30-23-19(14-26-30)22(27-18-7-9-33-10-8-18)20(13-25-23)24(32)29-28-21(31)12-17-6-5-15(2)11-16(17)3/h5-6,11,13-14,18H,4,7-10,12H2,1-3H3,(H,25,27)(H,28,31)(H,29,32). The number of ether oxygens (including phenoxy) is 1. The summed E-state index contributed by atoms with van der Waals surface area (Å²) in [5.74, 6) is -0.723. The SMILES string of the molecule is CCn1ncc2c(NC3CCOCC3)c(C(=O)NNC(=O)Cc3ccc(C)cc3C)cnc21. The Morgan fingerprint density at radius 3 is 2.67 bits per heavy atom. The van der Waals surface area contributed by atoms with Crippen molar-refractivity contribution in [2.24, 2.45) is 0 Å². The molecule has 0 radical (unpaired) electrons. The number of carbonyl (C=O) groups is 2. The molecule has 33 heavy (non-hydrogen) atoms. The molecule has 9 nitrogen and oxygen atoms in total. The van der Waals surface area contributed by atoms with Gasteiger partial charge in [0, 0.05) is 32.0 Å². The Morgan fingerprint density at radius 1 is 1.15 bits per heavy atom. The van der Waals surface area contributed by atoms with Gasteiger partial charge in [-0.15, -0.1) is 0 Å². The number of nitrogens with zero attached hydrogens (tertiary/aromatic N) is 3. The molecule has 9 heteroatoms. The third-order valence-electron chi connectivity index (χ3n) is 5.94. The third kappa shape index (κ3) is 5.14. The van der Waals surface area contributed by atoms with Crippen molar-refractivity contribution in [3.8, 4) is 0 Å². The van der Waals surface area contributed by atoms with Gasteiger partial charge in [-0.2, -0.15) is 5.10 Å². The number of amides is 2. The molecule has 3 N–H and O–H groups in total. The first-order valence-corrected chi connectivity index (χ1v) is 11.3. The van der Waals surface area contributed by atoms with E-state index >= 15 is 0 Å². The second kappa shape index (κ2) is 9.99. The Labute approximate surface area is 192 Å². The molecular formula is C24H30N6O3. The van der Waals surface area contributed by atoms with Crippen LogP contribution in [0.2, 0.25) is 0 Å². The van der Waals surface area contributed by atoms with Crippen molar-refractivity contribution in [2.45, 2.75) is 52.6 Å². The molecule has 0 unspecified atom stereocenters. The molecule has 0 saturated carbocycles. The fraction of sp³-hybridized carbons (Fsp3) is 0.417. The highest BCUT2D eigenvalue weighted by Gasteiger charge is 2.22. The molecule has 0 atom stereocenters. The fourth-order valence-electron chi connectivity index (χ4n) is 4.09. The zero-order valence-electron chi connectivity index (χ0n) is 19.3. The Balaban J connectivity index is 1.51. The van der Waals surface area contributed by atoms with E-state index in [0.29, 0.717) is 36.7 Å². The van der Waals surface area contributed by atoms with Crippen LogP contribution in [0.4, 0.5) is 5.69 Å². The number of fused-ring (bicyclic) bond motifs is 1. The van der Waals surface area contributed by atoms with Gasteiger partial charge in [0.25, 0.3) is 5.91 Å². The number of nitrogens with one attached hydrogen (secondary N) is 3. The summed E-state index contributed by atoms with van der Waals surface area (Å²) in [6.45, 7) is 8.00. The number of carbonyl (C=O) groups excluding carboxylic acids is 2. The number of pyridine rings is 1. The minimum absolute atomic E-state index is 0.181. The maximum absolute atomic E-state index is 13.0. The van der Waals surface area contributed by atoms with E-state index in [0.717, 1.165) is 34.9 Å². The number of aryl methyl sites for hydroxylation is 3. The number of hydrogen-bond donors (Lipinski definition) is 3. The Bertz CT molecular complexity index is 1170. The first-order chi connectivity index (χ1) is 16.0. The molecule has 1 aliphatic heterocycles. The Morgan fingerprint density at radius 2 is 1.94 bits per heavy atom. The van der Waals surface area contributed by atoms with Gasteiger partial charge in [0.1, 0.15) is 0 Å². The van der Waals surface area contributed by atoms with Gasteiger partial charge in [0.15, 0.2) is 5.65 Å². The van der Waals surface area contributed by atoms with E-state index < -0.39 is 5.91 Å². The number of hydrogen-bond acceptors (Lipinski definition) is 6.